The topological polar surface area (TPSA) is 89.4 Å². The standard InChI is InChI=1S/C26H24FN5O3/c1-35-21-6-4-5-17(15-21)25(26(34)28-19-11-9-18(27)10-12-19)32(20-13-14-20)24(33)16-31-23-8-3-2-7-22(23)29-30-31/h2-12,15,20,25H,13-14,16H2,1H3,(H,28,34)/t25-/m1/s1. The Morgan fingerprint density at radius 1 is 1.11 bits per heavy atom. The molecule has 4 aromatic rings. The molecule has 1 N–H and O–H groups in total. The molecule has 0 unspecified atom stereocenters. The molecule has 1 aromatic heterocycles. The number of carbonyl (C=O) groups is 2. The fourth-order valence-electron chi connectivity index (χ4n) is 4.15. The van der Waals surface area contributed by atoms with Gasteiger partial charge in [0.1, 0.15) is 29.7 Å². The van der Waals surface area contributed by atoms with Crippen molar-refractivity contribution >= 4 is 28.5 Å². The van der Waals surface area contributed by atoms with E-state index >= 15 is 0 Å². The summed E-state index contributed by atoms with van der Waals surface area (Å²) in [5, 5.41) is 11.1. The maximum Gasteiger partial charge on any atom is 0.251 e. The summed E-state index contributed by atoms with van der Waals surface area (Å²) in [5.41, 5.74) is 2.49. The van der Waals surface area contributed by atoms with Gasteiger partial charge in [-0.1, -0.05) is 29.5 Å². The van der Waals surface area contributed by atoms with Crippen LogP contribution < -0.4 is 10.1 Å². The Kier molecular flexibility index (Phi) is 6.13. The molecule has 0 aliphatic heterocycles. The van der Waals surface area contributed by atoms with Crippen LogP contribution in [0.15, 0.2) is 72.8 Å². The highest BCUT2D eigenvalue weighted by Gasteiger charge is 2.41. The quantitative estimate of drug-likeness (QED) is 0.419. The summed E-state index contributed by atoms with van der Waals surface area (Å²) in [6, 6.07) is 19.1. The summed E-state index contributed by atoms with van der Waals surface area (Å²) in [4.78, 5) is 28.9. The van der Waals surface area contributed by atoms with Crippen LogP contribution in [0.3, 0.4) is 0 Å². The number of nitrogens with zero attached hydrogens (tertiary/aromatic N) is 4. The lowest BCUT2D eigenvalue weighted by Crippen LogP contribution is -2.44. The number of benzene rings is 3. The second-order valence-corrected chi connectivity index (χ2v) is 8.44. The Balaban J connectivity index is 1.49. The van der Waals surface area contributed by atoms with E-state index in [1.807, 2.05) is 24.3 Å². The molecular weight excluding hydrogens is 449 g/mol. The second-order valence-electron chi connectivity index (χ2n) is 8.44. The normalized spacial score (nSPS) is 13.9. The van der Waals surface area contributed by atoms with Crippen molar-refractivity contribution in [2.24, 2.45) is 0 Å². The molecule has 1 aliphatic rings. The van der Waals surface area contributed by atoms with E-state index < -0.39 is 17.8 Å². The zero-order valence-electron chi connectivity index (χ0n) is 19.1. The summed E-state index contributed by atoms with van der Waals surface area (Å²) in [7, 11) is 1.55. The van der Waals surface area contributed by atoms with Crippen molar-refractivity contribution in [2.45, 2.75) is 31.5 Å². The van der Waals surface area contributed by atoms with E-state index in [1.165, 1.54) is 24.3 Å². The van der Waals surface area contributed by atoms with Crippen molar-refractivity contribution in [3.05, 3.63) is 84.2 Å². The number of amides is 2. The molecular formula is C26H24FN5O3. The number of halogens is 1. The van der Waals surface area contributed by atoms with Crippen molar-refractivity contribution in [2.75, 3.05) is 12.4 Å². The van der Waals surface area contributed by atoms with Gasteiger partial charge in [-0.05, 0) is 66.9 Å². The van der Waals surface area contributed by atoms with Crippen molar-refractivity contribution < 1.29 is 18.7 Å². The lowest BCUT2D eigenvalue weighted by molar-refractivity contribution is -0.140. The van der Waals surface area contributed by atoms with E-state index in [-0.39, 0.29) is 18.5 Å². The first-order chi connectivity index (χ1) is 17.0. The lowest BCUT2D eigenvalue weighted by atomic mass is 10.0. The molecule has 1 fully saturated rings. The number of rotatable bonds is 8. The van der Waals surface area contributed by atoms with E-state index in [0.717, 1.165) is 18.4 Å². The van der Waals surface area contributed by atoms with Crippen LogP contribution in [0.4, 0.5) is 10.1 Å². The molecule has 1 heterocycles. The van der Waals surface area contributed by atoms with Gasteiger partial charge in [-0.25, -0.2) is 9.07 Å². The van der Waals surface area contributed by atoms with Gasteiger partial charge in [0.05, 0.1) is 12.6 Å². The van der Waals surface area contributed by atoms with Crippen LogP contribution in [0.1, 0.15) is 24.4 Å². The SMILES string of the molecule is COc1cccc([C@H](C(=O)Nc2ccc(F)cc2)N(C(=O)Cn2nnc3ccccc32)C2CC2)c1. The second kappa shape index (κ2) is 9.54. The Bertz CT molecular complexity index is 1370. The highest BCUT2D eigenvalue weighted by atomic mass is 19.1. The maximum absolute atomic E-state index is 13.7. The minimum Gasteiger partial charge on any atom is -0.497 e. The summed E-state index contributed by atoms with van der Waals surface area (Å²) in [6.07, 6.45) is 1.60. The minimum atomic E-state index is -0.912. The Morgan fingerprint density at radius 3 is 2.63 bits per heavy atom. The Labute approximate surface area is 201 Å². The third-order valence-corrected chi connectivity index (χ3v) is 5.98. The predicted octanol–water partition coefficient (Wildman–Crippen LogP) is 3.95. The van der Waals surface area contributed by atoms with Gasteiger partial charge in [-0.15, -0.1) is 5.10 Å². The smallest absolute Gasteiger partial charge is 0.251 e. The average molecular weight is 474 g/mol. The Hall–Kier alpha value is -4.27. The molecule has 5 rings (SSSR count). The van der Waals surface area contributed by atoms with Crippen molar-refractivity contribution in [3.63, 3.8) is 0 Å². The average Bonchev–Trinajstić information content (AvgIpc) is 3.64. The number of nitrogens with one attached hydrogen (secondary N) is 1. The Morgan fingerprint density at radius 2 is 1.89 bits per heavy atom. The molecule has 3 aromatic carbocycles. The maximum atomic E-state index is 13.7. The van der Waals surface area contributed by atoms with Crippen LogP contribution in [0.5, 0.6) is 5.75 Å². The monoisotopic (exact) mass is 473 g/mol. The van der Waals surface area contributed by atoms with Crippen LogP contribution in [0, 0.1) is 5.82 Å². The van der Waals surface area contributed by atoms with Gasteiger partial charge in [0.25, 0.3) is 5.91 Å². The van der Waals surface area contributed by atoms with Gasteiger partial charge in [0.2, 0.25) is 5.91 Å². The molecule has 1 atom stereocenters. The van der Waals surface area contributed by atoms with Crippen molar-refractivity contribution in [1.82, 2.24) is 19.9 Å². The fourth-order valence-corrected chi connectivity index (χ4v) is 4.15. The first-order valence-corrected chi connectivity index (χ1v) is 11.3. The lowest BCUT2D eigenvalue weighted by Gasteiger charge is -2.31. The molecule has 178 valence electrons. The van der Waals surface area contributed by atoms with Gasteiger partial charge >= 0.3 is 0 Å². The number of aromatic nitrogens is 3. The number of para-hydroxylation sites is 1. The predicted molar refractivity (Wildman–Crippen MR) is 128 cm³/mol. The third kappa shape index (κ3) is 4.84. The van der Waals surface area contributed by atoms with Crippen LogP contribution in [-0.4, -0.2) is 44.9 Å². The number of hydrogen-bond donors (Lipinski definition) is 1. The number of fused-ring (bicyclic) bond motifs is 1. The summed E-state index contributed by atoms with van der Waals surface area (Å²) in [6.45, 7) is -0.0543. The third-order valence-electron chi connectivity index (χ3n) is 5.98. The van der Waals surface area contributed by atoms with Gasteiger partial charge in [-0.2, -0.15) is 0 Å². The first-order valence-electron chi connectivity index (χ1n) is 11.3. The zero-order valence-corrected chi connectivity index (χ0v) is 19.1. The number of anilines is 1. The molecule has 0 radical (unpaired) electrons. The van der Waals surface area contributed by atoms with Gasteiger partial charge in [0, 0.05) is 11.7 Å². The summed E-state index contributed by atoms with van der Waals surface area (Å²) in [5.74, 6) is -0.464. The highest BCUT2D eigenvalue weighted by Crippen LogP contribution is 2.36. The largest absolute Gasteiger partial charge is 0.497 e. The van der Waals surface area contributed by atoms with Crippen LogP contribution >= 0.6 is 0 Å². The molecule has 1 aliphatic carbocycles. The van der Waals surface area contributed by atoms with Crippen molar-refractivity contribution in [1.29, 1.82) is 0 Å². The number of methoxy groups -OCH3 is 1. The van der Waals surface area contributed by atoms with E-state index in [4.69, 9.17) is 4.74 Å². The van der Waals surface area contributed by atoms with E-state index in [2.05, 4.69) is 15.6 Å². The summed E-state index contributed by atoms with van der Waals surface area (Å²) >= 11 is 0. The molecule has 9 heteroatoms. The minimum absolute atomic E-state index is 0.0543. The number of hydrogen-bond acceptors (Lipinski definition) is 5. The van der Waals surface area contributed by atoms with Gasteiger partial charge < -0.3 is 15.0 Å². The van der Waals surface area contributed by atoms with Crippen LogP contribution in [0.2, 0.25) is 0 Å². The van der Waals surface area contributed by atoms with E-state index in [1.54, 1.807) is 41.0 Å². The van der Waals surface area contributed by atoms with Gasteiger partial charge in [0.15, 0.2) is 0 Å². The van der Waals surface area contributed by atoms with Crippen molar-refractivity contribution in [3.8, 4) is 5.75 Å². The van der Waals surface area contributed by atoms with E-state index in [9.17, 15) is 14.0 Å². The highest BCUT2D eigenvalue weighted by molar-refractivity contribution is 5.98. The molecule has 1 saturated carbocycles. The number of ether oxygens (including phenoxy) is 1. The molecule has 8 nitrogen and oxygen atoms in total. The molecule has 0 bridgehead atoms. The number of carbonyl (C=O) groups excluding carboxylic acids is 2. The fraction of sp³-hybridized carbons (Fsp3) is 0.231. The zero-order chi connectivity index (χ0) is 24.4. The van der Waals surface area contributed by atoms with Gasteiger partial charge in [-0.3, -0.25) is 9.59 Å². The van der Waals surface area contributed by atoms with E-state index in [0.29, 0.717) is 22.5 Å². The first kappa shape index (κ1) is 22.5. The van der Waals surface area contributed by atoms with Crippen LogP contribution in [-0.2, 0) is 16.1 Å². The van der Waals surface area contributed by atoms with Crippen LogP contribution in [0.25, 0.3) is 11.0 Å². The summed E-state index contributed by atoms with van der Waals surface area (Å²) < 4.78 is 20.3. The molecule has 0 spiro atoms. The molecule has 0 saturated heterocycles. The molecule has 35 heavy (non-hydrogen) atoms. The molecule has 2 amide bonds.